The molecule has 0 atom stereocenters. The summed E-state index contributed by atoms with van der Waals surface area (Å²) in [5, 5.41) is 3.47. The largest absolute Gasteiger partial charge is 0.378 e. The number of amidine groups is 2. The zero-order valence-corrected chi connectivity index (χ0v) is 24.9. The molecule has 6 rings (SSSR count). The number of hydrogen-bond acceptors (Lipinski definition) is 6. The van der Waals surface area contributed by atoms with Gasteiger partial charge >= 0.3 is 0 Å². The van der Waals surface area contributed by atoms with Crippen LogP contribution in [0.5, 0.6) is 0 Å². The quantitative estimate of drug-likeness (QED) is 0.512. The van der Waals surface area contributed by atoms with Crippen molar-refractivity contribution < 1.29 is 9.47 Å². The molecule has 222 valence electrons. The second-order valence-electron chi connectivity index (χ2n) is 11.2. The topological polar surface area (TPSA) is 64.9 Å². The first-order chi connectivity index (χ1) is 20.3. The molecule has 4 fully saturated rings. The number of ether oxygens (including phenoxy) is 2. The monoisotopic (exact) mass is 560 g/mol. The minimum Gasteiger partial charge on any atom is -0.378 e. The molecule has 4 heterocycles. The Morgan fingerprint density at radius 3 is 1.83 bits per heavy atom. The molecule has 2 aromatic rings. The zero-order valence-electron chi connectivity index (χ0n) is 24.9. The molecule has 8 nitrogen and oxygen atoms in total. The lowest BCUT2D eigenvalue weighted by atomic mass is 10.2. The van der Waals surface area contributed by atoms with Crippen LogP contribution in [0.4, 0.5) is 22.7 Å². The average molecular weight is 561 g/mol. The van der Waals surface area contributed by atoms with Crippen LogP contribution in [0, 0.1) is 0 Å². The molecule has 8 heteroatoms. The van der Waals surface area contributed by atoms with Crippen molar-refractivity contribution in [1.29, 1.82) is 0 Å². The molecule has 0 spiro atoms. The van der Waals surface area contributed by atoms with Crippen LogP contribution in [0.25, 0.3) is 0 Å². The fourth-order valence-corrected chi connectivity index (χ4v) is 5.83. The number of hydrogen-bond donors (Lipinski definition) is 1. The van der Waals surface area contributed by atoms with Gasteiger partial charge in [0.15, 0.2) is 0 Å². The highest BCUT2D eigenvalue weighted by Crippen LogP contribution is 2.31. The van der Waals surface area contributed by atoms with Crippen molar-refractivity contribution in [2.24, 2.45) is 9.98 Å². The van der Waals surface area contributed by atoms with Gasteiger partial charge < -0.3 is 29.5 Å². The van der Waals surface area contributed by atoms with E-state index in [9.17, 15) is 0 Å². The predicted molar refractivity (Wildman–Crippen MR) is 171 cm³/mol. The number of para-hydroxylation sites is 4. The summed E-state index contributed by atoms with van der Waals surface area (Å²) < 4.78 is 10.9. The molecular weight excluding hydrogens is 512 g/mol. The van der Waals surface area contributed by atoms with Crippen LogP contribution in [-0.4, -0.2) is 89.3 Å². The number of likely N-dealkylation sites (tertiary alicyclic amines) is 1. The molecular formula is C33H48N6O2. The van der Waals surface area contributed by atoms with Gasteiger partial charge in [0.25, 0.3) is 0 Å². The standard InChI is InChI=1S/C17H25N3O.C16H23N3O/c1-19-10-6-2-3-9-17(19)18-15-7-4-5-8-16(15)20-11-13-21-14-12-20;1-2-8-16(17-9-5-1)18-14-6-3-4-7-15(14)19-10-12-20-13-11-19/h4-5,7-8H,2-3,6,9-14H2,1H3;3-4,6-7H,1-2,5,8-13H2,(H,17,18). The normalized spacial score (nSPS) is 22.4. The number of morpholine rings is 2. The van der Waals surface area contributed by atoms with Crippen LogP contribution in [0.1, 0.15) is 51.4 Å². The predicted octanol–water partition coefficient (Wildman–Crippen LogP) is 5.78. The van der Waals surface area contributed by atoms with E-state index in [-0.39, 0.29) is 0 Å². The van der Waals surface area contributed by atoms with Crippen molar-refractivity contribution in [3.8, 4) is 0 Å². The Labute approximate surface area is 246 Å². The van der Waals surface area contributed by atoms with Gasteiger partial charge in [-0.2, -0.15) is 0 Å². The molecule has 4 saturated heterocycles. The van der Waals surface area contributed by atoms with E-state index in [1.54, 1.807) is 0 Å². The summed E-state index contributed by atoms with van der Waals surface area (Å²) in [6.45, 7) is 9.24. The van der Waals surface area contributed by atoms with Gasteiger partial charge in [0.1, 0.15) is 11.7 Å². The van der Waals surface area contributed by atoms with Gasteiger partial charge in [-0.05, 0) is 49.9 Å². The maximum Gasteiger partial charge on any atom is 0.105 e. The Kier molecular flexibility index (Phi) is 11.3. The van der Waals surface area contributed by atoms with E-state index >= 15 is 0 Å². The summed E-state index contributed by atoms with van der Waals surface area (Å²) in [5.74, 6) is 2.37. The lowest BCUT2D eigenvalue weighted by Gasteiger charge is -2.30. The smallest absolute Gasteiger partial charge is 0.105 e. The molecule has 41 heavy (non-hydrogen) atoms. The molecule has 0 saturated carbocycles. The van der Waals surface area contributed by atoms with E-state index in [1.807, 2.05) is 0 Å². The van der Waals surface area contributed by atoms with E-state index < -0.39 is 0 Å². The van der Waals surface area contributed by atoms with Crippen LogP contribution >= 0.6 is 0 Å². The van der Waals surface area contributed by atoms with Gasteiger partial charge in [-0.1, -0.05) is 37.1 Å². The van der Waals surface area contributed by atoms with Crippen molar-refractivity contribution in [1.82, 2.24) is 10.2 Å². The Balaban J connectivity index is 0.000000165. The number of anilines is 2. The lowest BCUT2D eigenvalue weighted by Crippen LogP contribution is -2.36. The van der Waals surface area contributed by atoms with Crippen LogP contribution in [0.15, 0.2) is 58.5 Å². The first-order valence-electron chi connectivity index (χ1n) is 15.7. The highest BCUT2D eigenvalue weighted by Gasteiger charge is 2.17. The number of nitrogens with one attached hydrogen (secondary N) is 1. The van der Waals surface area contributed by atoms with E-state index in [1.165, 1.54) is 55.7 Å². The third-order valence-corrected chi connectivity index (χ3v) is 8.23. The van der Waals surface area contributed by atoms with E-state index in [0.29, 0.717) is 0 Å². The fourth-order valence-electron chi connectivity index (χ4n) is 5.83. The molecule has 2 aromatic carbocycles. The summed E-state index contributed by atoms with van der Waals surface area (Å²) in [4.78, 5) is 17.0. The van der Waals surface area contributed by atoms with Crippen molar-refractivity contribution in [2.45, 2.75) is 51.4 Å². The maximum absolute atomic E-state index is 5.46. The summed E-state index contributed by atoms with van der Waals surface area (Å²) in [6, 6.07) is 16.9. The molecule has 4 aliphatic heterocycles. The van der Waals surface area contributed by atoms with Crippen LogP contribution in [0.3, 0.4) is 0 Å². The number of benzene rings is 2. The zero-order chi connectivity index (χ0) is 28.1. The highest BCUT2D eigenvalue weighted by atomic mass is 16.5. The molecule has 0 aromatic heterocycles. The average Bonchev–Trinajstić information content (AvgIpc) is 3.41. The molecule has 0 aliphatic carbocycles. The number of aliphatic imine (C=N–C) groups is 2. The first kappa shape index (κ1) is 29.4. The lowest BCUT2D eigenvalue weighted by molar-refractivity contribution is 0.122. The van der Waals surface area contributed by atoms with E-state index in [2.05, 4.69) is 75.6 Å². The van der Waals surface area contributed by atoms with Crippen molar-refractivity contribution >= 4 is 34.4 Å². The Hall–Kier alpha value is -3.10. The third-order valence-electron chi connectivity index (χ3n) is 8.23. The van der Waals surface area contributed by atoms with Crippen LogP contribution < -0.4 is 15.1 Å². The second kappa shape index (κ2) is 15.8. The summed E-state index contributed by atoms with van der Waals surface area (Å²) in [7, 11) is 2.17. The SMILES string of the molecule is CN1CCCCCC1=Nc1ccccc1N1CCOCC1.c1ccc(N2CCOCC2)c(N=C2CCCCCN2)c1. The summed E-state index contributed by atoms with van der Waals surface area (Å²) in [6.07, 6.45) is 9.80. The third kappa shape index (κ3) is 8.69. The summed E-state index contributed by atoms with van der Waals surface area (Å²) in [5.41, 5.74) is 4.65. The van der Waals surface area contributed by atoms with Gasteiger partial charge in [0, 0.05) is 59.2 Å². The Morgan fingerprint density at radius 2 is 1.17 bits per heavy atom. The molecule has 1 N–H and O–H groups in total. The molecule has 0 amide bonds. The highest BCUT2D eigenvalue weighted by molar-refractivity contribution is 5.88. The van der Waals surface area contributed by atoms with E-state index in [0.717, 1.165) is 95.7 Å². The van der Waals surface area contributed by atoms with Gasteiger partial charge in [0.05, 0.1) is 49.2 Å². The van der Waals surface area contributed by atoms with Crippen molar-refractivity contribution in [3.63, 3.8) is 0 Å². The van der Waals surface area contributed by atoms with Gasteiger partial charge in [-0.3, -0.25) is 0 Å². The number of nitrogens with zero attached hydrogens (tertiary/aromatic N) is 5. The molecule has 0 radical (unpaired) electrons. The molecule has 0 unspecified atom stereocenters. The van der Waals surface area contributed by atoms with Crippen molar-refractivity contribution in [2.75, 3.05) is 82.5 Å². The second-order valence-corrected chi connectivity index (χ2v) is 11.2. The van der Waals surface area contributed by atoms with Crippen molar-refractivity contribution in [3.05, 3.63) is 48.5 Å². The number of rotatable bonds is 4. The minimum atomic E-state index is 0.809. The summed E-state index contributed by atoms with van der Waals surface area (Å²) >= 11 is 0. The van der Waals surface area contributed by atoms with Gasteiger partial charge in [-0.25, -0.2) is 9.98 Å². The van der Waals surface area contributed by atoms with Crippen LogP contribution in [-0.2, 0) is 9.47 Å². The molecule has 0 bridgehead atoms. The van der Waals surface area contributed by atoms with Gasteiger partial charge in [0.2, 0.25) is 0 Å². The Bertz CT molecular complexity index is 1130. The Morgan fingerprint density at radius 1 is 0.610 bits per heavy atom. The minimum absolute atomic E-state index is 0.809. The van der Waals surface area contributed by atoms with Gasteiger partial charge in [-0.15, -0.1) is 0 Å². The fraction of sp³-hybridized carbons (Fsp3) is 0.576. The van der Waals surface area contributed by atoms with Crippen LogP contribution in [0.2, 0.25) is 0 Å². The first-order valence-corrected chi connectivity index (χ1v) is 15.7. The van der Waals surface area contributed by atoms with E-state index in [4.69, 9.17) is 19.5 Å². The maximum atomic E-state index is 5.46. The molecule has 4 aliphatic rings.